The molecule has 1 atom stereocenters. The Labute approximate surface area is 132 Å². The van der Waals surface area contributed by atoms with Gasteiger partial charge in [-0.05, 0) is 63.9 Å². The van der Waals surface area contributed by atoms with Gasteiger partial charge in [-0.2, -0.15) is 11.3 Å². The summed E-state index contributed by atoms with van der Waals surface area (Å²) in [5.41, 5.74) is 2.44. The Balaban J connectivity index is 2.36. The van der Waals surface area contributed by atoms with E-state index >= 15 is 0 Å². The predicted molar refractivity (Wildman–Crippen MR) is 87.1 cm³/mol. The Morgan fingerprint density at radius 3 is 2.60 bits per heavy atom. The number of methoxy groups -OCH3 is 2. The maximum absolute atomic E-state index is 5.56. The van der Waals surface area contributed by atoms with Crippen LogP contribution in [0.4, 0.5) is 0 Å². The number of hydrogen-bond donors (Lipinski definition) is 1. The van der Waals surface area contributed by atoms with Gasteiger partial charge in [-0.15, -0.1) is 0 Å². The van der Waals surface area contributed by atoms with Crippen molar-refractivity contribution in [1.29, 1.82) is 0 Å². The van der Waals surface area contributed by atoms with Crippen molar-refractivity contribution in [3.63, 3.8) is 0 Å². The molecular formula is C15H18BrNO2S. The van der Waals surface area contributed by atoms with E-state index in [2.05, 4.69) is 44.1 Å². The topological polar surface area (TPSA) is 30.5 Å². The highest BCUT2D eigenvalue weighted by atomic mass is 79.9. The second kappa shape index (κ2) is 7.11. The van der Waals surface area contributed by atoms with Crippen LogP contribution in [0.1, 0.15) is 17.2 Å². The Hall–Kier alpha value is -1.04. The van der Waals surface area contributed by atoms with Crippen LogP contribution in [0.5, 0.6) is 11.5 Å². The van der Waals surface area contributed by atoms with Gasteiger partial charge in [0.25, 0.3) is 0 Å². The van der Waals surface area contributed by atoms with Crippen LogP contribution in [0.15, 0.2) is 33.4 Å². The van der Waals surface area contributed by atoms with E-state index in [1.165, 1.54) is 5.56 Å². The minimum Gasteiger partial charge on any atom is -0.495 e. The zero-order chi connectivity index (χ0) is 14.5. The summed E-state index contributed by atoms with van der Waals surface area (Å²) in [6, 6.07) is 6.36. The molecule has 1 aromatic carbocycles. The van der Waals surface area contributed by atoms with Gasteiger partial charge in [0, 0.05) is 11.6 Å². The molecule has 0 fully saturated rings. The summed E-state index contributed by atoms with van der Waals surface area (Å²) >= 11 is 5.27. The molecule has 0 aliphatic carbocycles. The zero-order valence-corrected chi connectivity index (χ0v) is 14.2. The predicted octanol–water partition coefficient (Wildman–Crippen LogP) is 4.03. The van der Waals surface area contributed by atoms with Gasteiger partial charge in [-0.3, -0.25) is 0 Å². The molecule has 2 aromatic rings. The standard InChI is InChI=1S/C15H18BrNO2S/c1-17-12(8-10-6-7-20-9-10)11-4-5-13(18-2)14(16)15(11)19-3/h4-7,9,12,17H,8H2,1-3H3. The fraction of sp³-hybridized carbons (Fsp3) is 0.333. The Morgan fingerprint density at radius 2 is 2.05 bits per heavy atom. The molecule has 0 radical (unpaired) electrons. The van der Waals surface area contributed by atoms with Crippen LogP contribution >= 0.6 is 27.3 Å². The lowest BCUT2D eigenvalue weighted by Crippen LogP contribution is -2.19. The minimum atomic E-state index is 0.196. The third-order valence-corrected chi connectivity index (χ3v) is 4.74. The first-order valence-corrected chi connectivity index (χ1v) is 8.03. The van der Waals surface area contributed by atoms with Crippen molar-refractivity contribution in [1.82, 2.24) is 5.32 Å². The lowest BCUT2D eigenvalue weighted by molar-refractivity contribution is 0.381. The van der Waals surface area contributed by atoms with Crippen LogP contribution in [0.2, 0.25) is 0 Å². The lowest BCUT2D eigenvalue weighted by atomic mass is 9.99. The second-order valence-electron chi connectivity index (χ2n) is 4.38. The van der Waals surface area contributed by atoms with Crippen molar-refractivity contribution in [3.8, 4) is 11.5 Å². The molecule has 20 heavy (non-hydrogen) atoms. The molecule has 108 valence electrons. The van der Waals surface area contributed by atoms with Gasteiger partial charge in [0.1, 0.15) is 16.0 Å². The number of thiophene rings is 1. The number of benzene rings is 1. The monoisotopic (exact) mass is 355 g/mol. The number of ether oxygens (including phenoxy) is 2. The van der Waals surface area contributed by atoms with E-state index in [4.69, 9.17) is 9.47 Å². The first kappa shape index (κ1) is 15.4. The lowest BCUT2D eigenvalue weighted by Gasteiger charge is -2.21. The normalized spacial score (nSPS) is 12.2. The fourth-order valence-corrected chi connectivity index (χ4v) is 3.57. The van der Waals surface area contributed by atoms with E-state index < -0.39 is 0 Å². The molecule has 0 aliphatic rings. The molecule has 1 N–H and O–H groups in total. The van der Waals surface area contributed by atoms with Crippen LogP contribution in [-0.4, -0.2) is 21.3 Å². The van der Waals surface area contributed by atoms with Crippen LogP contribution in [0, 0.1) is 0 Å². The first-order chi connectivity index (χ1) is 9.71. The van der Waals surface area contributed by atoms with Crippen molar-refractivity contribution in [2.45, 2.75) is 12.5 Å². The van der Waals surface area contributed by atoms with E-state index in [0.29, 0.717) is 0 Å². The molecule has 0 saturated carbocycles. The molecule has 0 spiro atoms. The van der Waals surface area contributed by atoms with Gasteiger partial charge in [-0.25, -0.2) is 0 Å². The summed E-state index contributed by atoms with van der Waals surface area (Å²) < 4.78 is 11.7. The molecule has 1 aromatic heterocycles. The summed E-state index contributed by atoms with van der Waals surface area (Å²) in [7, 11) is 5.30. The Kier molecular flexibility index (Phi) is 5.46. The number of nitrogens with one attached hydrogen (secondary N) is 1. The molecule has 1 heterocycles. The number of likely N-dealkylation sites (N-methyl/N-ethyl adjacent to an activating group) is 1. The van der Waals surface area contributed by atoms with E-state index in [0.717, 1.165) is 28.0 Å². The van der Waals surface area contributed by atoms with Crippen LogP contribution in [-0.2, 0) is 6.42 Å². The maximum atomic E-state index is 5.56. The zero-order valence-electron chi connectivity index (χ0n) is 11.8. The molecule has 2 rings (SSSR count). The van der Waals surface area contributed by atoms with Crippen molar-refractivity contribution >= 4 is 27.3 Å². The third kappa shape index (κ3) is 3.16. The van der Waals surface area contributed by atoms with Gasteiger partial charge in [-0.1, -0.05) is 0 Å². The van der Waals surface area contributed by atoms with Crippen molar-refractivity contribution < 1.29 is 9.47 Å². The molecular weight excluding hydrogens is 338 g/mol. The highest BCUT2D eigenvalue weighted by Crippen LogP contribution is 2.40. The van der Waals surface area contributed by atoms with Gasteiger partial charge >= 0.3 is 0 Å². The number of rotatable bonds is 6. The van der Waals surface area contributed by atoms with Gasteiger partial charge in [0.05, 0.1) is 14.2 Å². The Morgan fingerprint density at radius 1 is 1.25 bits per heavy atom. The highest BCUT2D eigenvalue weighted by Gasteiger charge is 2.19. The van der Waals surface area contributed by atoms with Crippen LogP contribution in [0.25, 0.3) is 0 Å². The van der Waals surface area contributed by atoms with Gasteiger partial charge in [0.15, 0.2) is 0 Å². The minimum absolute atomic E-state index is 0.196. The largest absolute Gasteiger partial charge is 0.495 e. The SMILES string of the molecule is CNC(Cc1ccsc1)c1ccc(OC)c(Br)c1OC. The van der Waals surface area contributed by atoms with E-state index in [-0.39, 0.29) is 6.04 Å². The van der Waals surface area contributed by atoms with Crippen LogP contribution in [0.3, 0.4) is 0 Å². The summed E-state index contributed by atoms with van der Waals surface area (Å²) in [5.74, 6) is 1.59. The average molecular weight is 356 g/mol. The summed E-state index contributed by atoms with van der Waals surface area (Å²) in [6.07, 6.45) is 0.926. The van der Waals surface area contributed by atoms with E-state index in [1.807, 2.05) is 13.1 Å². The summed E-state index contributed by atoms with van der Waals surface area (Å²) in [4.78, 5) is 0. The Bertz CT molecular complexity index is 557. The molecule has 0 saturated heterocycles. The smallest absolute Gasteiger partial charge is 0.141 e. The fourth-order valence-electron chi connectivity index (χ4n) is 2.20. The molecule has 0 aliphatic heterocycles. The molecule has 1 unspecified atom stereocenters. The number of halogens is 1. The molecule has 0 bridgehead atoms. The highest BCUT2D eigenvalue weighted by molar-refractivity contribution is 9.10. The molecule has 0 amide bonds. The van der Waals surface area contributed by atoms with Crippen molar-refractivity contribution in [2.75, 3.05) is 21.3 Å². The quantitative estimate of drug-likeness (QED) is 0.848. The maximum Gasteiger partial charge on any atom is 0.141 e. The van der Waals surface area contributed by atoms with Crippen molar-refractivity contribution in [3.05, 3.63) is 44.6 Å². The second-order valence-corrected chi connectivity index (χ2v) is 5.95. The average Bonchev–Trinajstić information content (AvgIpc) is 2.97. The molecule has 3 nitrogen and oxygen atoms in total. The van der Waals surface area contributed by atoms with Crippen LogP contribution < -0.4 is 14.8 Å². The molecule has 5 heteroatoms. The third-order valence-electron chi connectivity index (χ3n) is 3.26. The summed E-state index contributed by atoms with van der Waals surface area (Å²) in [6.45, 7) is 0. The number of hydrogen-bond acceptors (Lipinski definition) is 4. The summed E-state index contributed by atoms with van der Waals surface area (Å²) in [5, 5.41) is 7.64. The van der Waals surface area contributed by atoms with E-state index in [1.54, 1.807) is 25.6 Å². The van der Waals surface area contributed by atoms with Gasteiger partial charge in [0.2, 0.25) is 0 Å². The first-order valence-electron chi connectivity index (χ1n) is 6.30. The van der Waals surface area contributed by atoms with E-state index in [9.17, 15) is 0 Å². The van der Waals surface area contributed by atoms with Gasteiger partial charge < -0.3 is 14.8 Å². The van der Waals surface area contributed by atoms with Crippen molar-refractivity contribution in [2.24, 2.45) is 0 Å².